The van der Waals surface area contributed by atoms with Gasteiger partial charge in [0.25, 0.3) is 0 Å². The standard InChI is InChI=1S/C27H35N3O2/c1-19-12-13-24(20(2)16-19)32-15-9-8-14-29-23-11-7-6-10-22(23)28-26(29)21-17-25(31)30(18-21)27(3,4)5/h6-7,10-13,16,21H,8-9,14-15,17-18H2,1-5H3. The number of para-hydroxylation sites is 2. The lowest BCUT2D eigenvalue weighted by atomic mass is 10.1. The van der Waals surface area contributed by atoms with E-state index in [1.165, 1.54) is 11.1 Å². The SMILES string of the molecule is Cc1ccc(OCCCCn2c(C3CC(=O)N(C(C)(C)C)C3)nc3ccccc32)c(C)c1. The maximum Gasteiger partial charge on any atom is 0.223 e. The van der Waals surface area contributed by atoms with Crippen LogP contribution in [0.4, 0.5) is 0 Å². The lowest BCUT2D eigenvalue weighted by Gasteiger charge is -2.32. The van der Waals surface area contributed by atoms with E-state index in [2.05, 4.69) is 75.6 Å². The van der Waals surface area contributed by atoms with E-state index in [9.17, 15) is 4.79 Å². The van der Waals surface area contributed by atoms with Gasteiger partial charge in [0, 0.05) is 31.0 Å². The van der Waals surface area contributed by atoms with E-state index in [1.54, 1.807) is 0 Å². The third-order valence-electron chi connectivity index (χ3n) is 6.35. The number of unbranched alkanes of at least 4 members (excludes halogenated alkanes) is 1. The van der Waals surface area contributed by atoms with Crippen LogP contribution in [0.25, 0.3) is 11.0 Å². The summed E-state index contributed by atoms with van der Waals surface area (Å²) < 4.78 is 8.35. The second kappa shape index (κ2) is 8.97. The van der Waals surface area contributed by atoms with Gasteiger partial charge in [-0.1, -0.05) is 29.8 Å². The summed E-state index contributed by atoms with van der Waals surface area (Å²) >= 11 is 0. The molecule has 1 fully saturated rings. The summed E-state index contributed by atoms with van der Waals surface area (Å²) in [6.45, 7) is 12.8. The van der Waals surface area contributed by atoms with Crippen LogP contribution in [0.1, 0.15) is 62.9 Å². The number of imidazole rings is 1. The zero-order valence-corrected chi connectivity index (χ0v) is 20.0. The van der Waals surface area contributed by atoms with Gasteiger partial charge in [0.05, 0.1) is 17.6 Å². The predicted octanol–water partition coefficient (Wildman–Crippen LogP) is 5.63. The van der Waals surface area contributed by atoms with Gasteiger partial charge in [0.1, 0.15) is 11.6 Å². The fourth-order valence-corrected chi connectivity index (χ4v) is 4.68. The maximum absolute atomic E-state index is 12.7. The van der Waals surface area contributed by atoms with Crippen molar-refractivity contribution in [3.63, 3.8) is 0 Å². The highest BCUT2D eigenvalue weighted by molar-refractivity contribution is 5.81. The van der Waals surface area contributed by atoms with Crippen LogP contribution in [-0.4, -0.2) is 39.0 Å². The van der Waals surface area contributed by atoms with Gasteiger partial charge < -0.3 is 14.2 Å². The Kier molecular flexibility index (Phi) is 6.27. The Bertz CT molecular complexity index is 1110. The van der Waals surface area contributed by atoms with E-state index in [1.807, 2.05) is 11.0 Å². The third kappa shape index (κ3) is 4.67. The molecule has 2 aromatic carbocycles. The monoisotopic (exact) mass is 433 g/mol. The van der Waals surface area contributed by atoms with Gasteiger partial charge in [-0.05, 0) is 71.2 Å². The number of carbonyl (C=O) groups is 1. The number of hydrogen-bond donors (Lipinski definition) is 0. The largest absolute Gasteiger partial charge is 0.493 e. The highest BCUT2D eigenvalue weighted by Gasteiger charge is 2.38. The molecule has 1 unspecified atom stereocenters. The first-order valence-electron chi connectivity index (χ1n) is 11.7. The van der Waals surface area contributed by atoms with Crippen LogP contribution >= 0.6 is 0 Å². The molecule has 1 aromatic heterocycles. The van der Waals surface area contributed by atoms with E-state index in [-0.39, 0.29) is 17.4 Å². The second-order valence-electron chi connectivity index (χ2n) is 10.0. The number of fused-ring (bicyclic) bond motifs is 1. The molecule has 4 rings (SSSR count). The van der Waals surface area contributed by atoms with Gasteiger partial charge in [-0.2, -0.15) is 0 Å². The van der Waals surface area contributed by atoms with Crippen molar-refractivity contribution in [3.05, 3.63) is 59.4 Å². The quantitative estimate of drug-likeness (QED) is 0.454. The van der Waals surface area contributed by atoms with Crippen LogP contribution in [0.3, 0.4) is 0 Å². The Morgan fingerprint density at radius 1 is 1.09 bits per heavy atom. The minimum atomic E-state index is -0.159. The van der Waals surface area contributed by atoms with Gasteiger partial charge in [-0.15, -0.1) is 0 Å². The van der Waals surface area contributed by atoms with Crippen LogP contribution in [0.15, 0.2) is 42.5 Å². The molecule has 1 saturated heterocycles. The molecular formula is C27H35N3O2. The Morgan fingerprint density at radius 3 is 2.59 bits per heavy atom. The third-order valence-corrected chi connectivity index (χ3v) is 6.35. The highest BCUT2D eigenvalue weighted by Crippen LogP contribution is 2.34. The lowest BCUT2D eigenvalue weighted by molar-refractivity contribution is -0.131. The maximum atomic E-state index is 12.7. The number of hydrogen-bond acceptors (Lipinski definition) is 3. The van der Waals surface area contributed by atoms with Crippen LogP contribution in [-0.2, 0) is 11.3 Å². The Balaban J connectivity index is 1.45. The summed E-state index contributed by atoms with van der Waals surface area (Å²) in [5.41, 5.74) is 4.44. The average Bonchev–Trinajstić information content (AvgIpc) is 3.30. The van der Waals surface area contributed by atoms with Gasteiger partial charge >= 0.3 is 0 Å². The number of aryl methyl sites for hydroxylation is 3. The normalized spacial score (nSPS) is 16.8. The predicted molar refractivity (Wildman–Crippen MR) is 129 cm³/mol. The molecule has 2 heterocycles. The number of likely N-dealkylation sites (tertiary alicyclic amines) is 1. The van der Waals surface area contributed by atoms with Gasteiger partial charge in [-0.3, -0.25) is 4.79 Å². The number of nitrogens with zero attached hydrogens (tertiary/aromatic N) is 3. The lowest BCUT2D eigenvalue weighted by Crippen LogP contribution is -2.42. The Morgan fingerprint density at radius 2 is 1.88 bits per heavy atom. The number of amides is 1. The average molecular weight is 434 g/mol. The molecule has 1 aliphatic heterocycles. The first kappa shape index (κ1) is 22.4. The fourth-order valence-electron chi connectivity index (χ4n) is 4.68. The minimum Gasteiger partial charge on any atom is -0.493 e. The van der Waals surface area contributed by atoms with Crippen LogP contribution in [0, 0.1) is 13.8 Å². The first-order chi connectivity index (χ1) is 15.2. The summed E-state index contributed by atoms with van der Waals surface area (Å²) in [4.78, 5) is 19.6. The van der Waals surface area contributed by atoms with Gasteiger partial charge in [0.15, 0.2) is 0 Å². The van der Waals surface area contributed by atoms with E-state index < -0.39 is 0 Å². The molecule has 0 N–H and O–H groups in total. The summed E-state index contributed by atoms with van der Waals surface area (Å²) in [6, 6.07) is 14.6. The zero-order valence-electron chi connectivity index (χ0n) is 20.0. The fraction of sp³-hybridized carbons (Fsp3) is 0.481. The molecule has 0 saturated carbocycles. The summed E-state index contributed by atoms with van der Waals surface area (Å²) in [5, 5.41) is 0. The smallest absolute Gasteiger partial charge is 0.223 e. The molecule has 170 valence electrons. The van der Waals surface area contributed by atoms with Crippen molar-refractivity contribution in [2.45, 2.75) is 71.9 Å². The van der Waals surface area contributed by atoms with Crippen LogP contribution in [0.2, 0.25) is 0 Å². The van der Waals surface area contributed by atoms with Crippen LogP contribution < -0.4 is 4.74 Å². The van der Waals surface area contributed by atoms with E-state index >= 15 is 0 Å². The van der Waals surface area contributed by atoms with Crippen molar-refractivity contribution in [1.29, 1.82) is 0 Å². The molecular weight excluding hydrogens is 398 g/mol. The first-order valence-corrected chi connectivity index (χ1v) is 11.7. The molecule has 0 bridgehead atoms. The molecule has 32 heavy (non-hydrogen) atoms. The zero-order chi connectivity index (χ0) is 22.9. The minimum absolute atomic E-state index is 0.139. The topological polar surface area (TPSA) is 47.4 Å². The van der Waals surface area contributed by atoms with Crippen molar-refractivity contribution in [2.75, 3.05) is 13.2 Å². The molecule has 0 spiro atoms. The molecule has 0 aliphatic carbocycles. The second-order valence-corrected chi connectivity index (χ2v) is 10.0. The van der Waals surface area contributed by atoms with Crippen molar-refractivity contribution >= 4 is 16.9 Å². The van der Waals surface area contributed by atoms with Gasteiger partial charge in [-0.25, -0.2) is 4.98 Å². The van der Waals surface area contributed by atoms with Crippen molar-refractivity contribution in [3.8, 4) is 5.75 Å². The molecule has 5 nitrogen and oxygen atoms in total. The summed E-state index contributed by atoms with van der Waals surface area (Å²) in [7, 11) is 0. The highest BCUT2D eigenvalue weighted by atomic mass is 16.5. The Hall–Kier alpha value is -2.82. The van der Waals surface area contributed by atoms with Crippen LogP contribution in [0.5, 0.6) is 5.75 Å². The molecule has 5 heteroatoms. The van der Waals surface area contributed by atoms with E-state index in [0.717, 1.165) is 48.5 Å². The molecule has 1 atom stereocenters. The van der Waals surface area contributed by atoms with Crippen molar-refractivity contribution in [2.24, 2.45) is 0 Å². The van der Waals surface area contributed by atoms with Gasteiger partial charge in [0.2, 0.25) is 5.91 Å². The number of ether oxygens (including phenoxy) is 1. The summed E-state index contributed by atoms with van der Waals surface area (Å²) in [5.74, 6) is 2.38. The number of carbonyl (C=O) groups excluding carboxylic acids is 1. The molecule has 1 amide bonds. The Labute approximate surface area is 191 Å². The van der Waals surface area contributed by atoms with Crippen molar-refractivity contribution in [1.82, 2.24) is 14.5 Å². The van der Waals surface area contributed by atoms with E-state index in [4.69, 9.17) is 9.72 Å². The summed E-state index contributed by atoms with van der Waals surface area (Å²) in [6.07, 6.45) is 2.51. The van der Waals surface area contributed by atoms with Crippen molar-refractivity contribution < 1.29 is 9.53 Å². The van der Waals surface area contributed by atoms with E-state index in [0.29, 0.717) is 13.0 Å². The molecule has 1 aliphatic rings. The number of rotatable bonds is 7. The number of benzene rings is 2. The number of aromatic nitrogens is 2. The molecule has 0 radical (unpaired) electrons. The molecule has 3 aromatic rings.